The van der Waals surface area contributed by atoms with Gasteiger partial charge in [-0.1, -0.05) is 94.8 Å². The van der Waals surface area contributed by atoms with Crippen molar-refractivity contribution in [3.8, 4) is 5.75 Å². The standard InChI is InChI=1S/C65H87N7O7Si/c1-41(2)80(42(3)4)59-38-49(70(8)9)28-32-53(59)52(54-33-29-50(71(10)11)39-60(54)80)22-18-25-61(74)66-34-16-15-24-56-65(78)72(12)58(37-48-36-47-21-13-14-23-55(47)67-48)64(77)69-57(46-26-30-51(73)31-27-46)40-62(75)79-45(7)20-17-19-43(5)35-44(6)63(76)68-56/h13-14,19,21-23,26-33,36,38-39,41-42,44-45,56-58,67,73H,15-18,20,24-25,34-35,37,40H2,1-12H3,(H,66,74)(H,68,76)(H,69,77)/b43-19-/t44-,45-,56-,57+,58+/m0/s1. The number of esters is 1. The second kappa shape index (κ2) is 26.9. The number of rotatable bonds is 15. The second-order valence-electron chi connectivity index (χ2n) is 23.4. The van der Waals surface area contributed by atoms with Crippen molar-refractivity contribution in [2.24, 2.45) is 5.92 Å². The van der Waals surface area contributed by atoms with Gasteiger partial charge in [-0.15, -0.1) is 0 Å². The first-order chi connectivity index (χ1) is 38.1. The number of fused-ring (bicyclic) bond motifs is 3. The normalized spacial score (nSPS) is 21.0. The molecule has 2 aliphatic rings. The highest BCUT2D eigenvalue weighted by atomic mass is 28.3. The fraction of sp³-hybridized carbons (Fsp3) is 0.462. The topological polar surface area (TPSA) is 176 Å². The van der Waals surface area contributed by atoms with Crippen molar-refractivity contribution in [3.63, 3.8) is 0 Å². The van der Waals surface area contributed by atoms with Crippen LogP contribution in [0.5, 0.6) is 5.75 Å². The second-order valence-corrected chi connectivity index (χ2v) is 28.6. The highest BCUT2D eigenvalue weighted by molar-refractivity contribution is 7.05. The van der Waals surface area contributed by atoms with Crippen LogP contribution in [0.25, 0.3) is 16.5 Å². The fourth-order valence-electron chi connectivity index (χ4n) is 12.1. The number of nitrogens with zero attached hydrogens (tertiary/aromatic N) is 3. The highest BCUT2D eigenvalue weighted by Crippen LogP contribution is 2.42. The van der Waals surface area contributed by atoms with Gasteiger partial charge in [-0.3, -0.25) is 24.0 Å². The number of anilines is 2. The zero-order chi connectivity index (χ0) is 58.0. The van der Waals surface area contributed by atoms with Crippen LogP contribution in [-0.2, 0) is 35.1 Å². The SMILES string of the molecule is C/C1=C/CC[C@H](C)OC(=O)C[C@H](c2ccc(O)cc2)NC(=O)[C@@H](Cc2cc3ccccc3[nH]2)N(C)C(=O)[C@H](CCCCNC(=O)CCC=C2c3ccc(N(C)C)cc3[Si](C(C)C)(C(C)C)c3cc(N(C)C)ccc32)NC(=O)[C@@H](C)C1. The third-order valence-corrected chi connectivity index (χ3v) is 22.7. The summed E-state index contributed by atoms with van der Waals surface area (Å²) in [5, 5.41) is 23.3. The lowest BCUT2D eigenvalue weighted by atomic mass is 9.94. The summed E-state index contributed by atoms with van der Waals surface area (Å²) in [6.07, 6.45) is 7.63. The van der Waals surface area contributed by atoms with Crippen LogP contribution >= 0.6 is 0 Å². The zero-order valence-corrected chi connectivity index (χ0v) is 50.4. The van der Waals surface area contributed by atoms with Crippen molar-refractivity contribution < 1.29 is 33.8 Å². The van der Waals surface area contributed by atoms with E-state index in [2.05, 4.69) is 135 Å². The molecule has 0 saturated carbocycles. The number of phenolic OH excluding ortho intramolecular Hbond substituents is 1. The molecule has 0 fully saturated rings. The number of cyclic esters (lactones) is 1. The van der Waals surface area contributed by atoms with Crippen LogP contribution in [0.15, 0.2) is 109 Å². The average molecular weight is 1110 g/mol. The van der Waals surface area contributed by atoms with Gasteiger partial charge in [-0.05, 0) is 156 Å². The third kappa shape index (κ3) is 14.2. The Morgan fingerprint density at radius 1 is 0.825 bits per heavy atom. The molecular weight excluding hydrogens is 1020 g/mol. The molecule has 0 aliphatic carbocycles. The van der Waals surface area contributed by atoms with Gasteiger partial charge in [0.2, 0.25) is 23.6 Å². The predicted octanol–water partition coefficient (Wildman–Crippen LogP) is 9.70. The summed E-state index contributed by atoms with van der Waals surface area (Å²) >= 11 is 0. The Morgan fingerprint density at radius 3 is 2.08 bits per heavy atom. The Labute approximate surface area is 475 Å². The van der Waals surface area contributed by atoms with Crippen LogP contribution in [0.3, 0.4) is 0 Å². The molecule has 3 heterocycles. The number of carbonyl (C=O) groups is 5. The Bertz CT molecular complexity index is 2960. The number of aromatic hydroxyl groups is 1. The van der Waals surface area contributed by atoms with Crippen molar-refractivity contribution in [2.75, 3.05) is 51.6 Å². The first-order valence-corrected chi connectivity index (χ1v) is 30.9. The molecule has 5 aromatic rings. The van der Waals surface area contributed by atoms with Crippen molar-refractivity contribution in [1.82, 2.24) is 25.8 Å². The molecule has 5 atom stereocenters. The number of H-pyrrole nitrogens is 1. The lowest BCUT2D eigenvalue weighted by molar-refractivity contribution is -0.149. The van der Waals surface area contributed by atoms with Gasteiger partial charge in [0.25, 0.3) is 0 Å². The van der Waals surface area contributed by atoms with Gasteiger partial charge in [0.15, 0.2) is 0 Å². The van der Waals surface area contributed by atoms with Crippen molar-refractivity contribution >= 4 is 75.9 Å². The van der Waals surface area contributed by atoms with Gasteiger partial charge >= 0.3 is 5.97 Å². The van der Waals surface area contributed by atoms with E-state index in [0.29, 0.717) is 73.8 Å². The Balaban J connectivity index is 1.10. The lowest BCUT2D eigenvalue weighted by Crippen LogP contribution is -2.66. The van der Waals surface area contributed by atoms with Crippen molar-refractivity contribution in [3.05, 3.63) is 131 Å². The molecular formula is C65H87N7O7Si. The van der Waals surface area contributed by atoms with Crippen LogP contribution in [0.1, 0.15) is 135 Å². The number of amides is 4. The number of benzene rings is 4. The van der Waals surface area contributed by atoms with Crippen molar-refractivity contribution in [2.45, 2.75) is 148 Å². The quantitative estimate of drug-likeness (QED) is 0.0296. The number of hydrogen-bond donors (Lipinski definition) is 5. The number of allylic oxidation sites excluding steroid dienone is 3. The Hall–Kier alpha value is -7.13. The monoisotopic (exact) mass is 1110 g/mol. The molecule has 14 nitrogen and oxygen atoms in total. The van der Waals surface area contributed by atoms with Crippen LogP contribution < -0.4 is 36.1 Å². The summed E-state index contributed by atoms with van der Waals surface area (Å²) in [7, 11) is 7.63. The number of hydrogen-bond acceptors (Lipinski definition) is 9. The molecule has 15 heteroatoms. The molecule has 4 amide bonds. The predicted molar refractivity (Wildman–Crippen MR) is 326 cm³/mol. The minimum atomic E-state index is -2.33. The smallest absolute Gasteiger partial charge is 0.308 e. The molecule has 0 saturated heterocycles. The number of carbonyl (C=O) groups excluding carboxylic acids is 5. The van der Waals surface area contributed by atoms with E-state index in [4.69, 9.17) is 4.74 Å². The van der Waals surface area contributed by atoms with Crippen LogP contribution in [0.4, 0.5) is 11.4 Å². The van der Waals surface area contributed by atoms with Gasteiger partial charge in [-0.25, -0.2) is 0 Å². The van der Waals surface area contributed by atoms with Gasteiger partial charge in [0, 0.05) is 83.1 Å². The largest absolute Gasteiger partial charge is 0.508 e. The molecule has 80 heavy (non-hydrogen) atoms. The maximum Gasteiger partial charge on any atom is 0.308 e. The molecule has 0 unspecified atom stereocenters. The molecule has 428 valence electrons. The lowest BCUT2D eigenvalue weighted by Gasteiger charge is -2.47. The first-order valence-electron chi connectivity index (χ1n) is 28.8. The zero-order valence-electron chi connectivity index (χ0n) is 49.4. The minimum Gasteiger partial charge on any atom is -0.508 e. The van der Waals surface area contributed by atoms with E-state index in [9.17, 15) is 29.1 Å². The van der Waals surface area contributed by atoms with Crippen LogP contribution in [-0.4, -0.2) is 113 Å². The molecule has 7 rings (SSSR count). The summed E-state index contributed by atoms with van der Waals surface area (Å²) < 4.78 is 5.84. The molecule has 2 aliphatic heterocycles. The Morgan fingerprint density at radius 2 is 1.46 bits per heavy atom. The third-order valence-electron chi connectivity index (χ3n) is 16.5. The summed E-state index contributed by atoms with van der Waals surface area (Å²) in [6.45, 7) is 15.6. The average Bonchev–Trinajstić information content (AvgIpc) is 3.94. The fourth-order valence-corrected chi connectivity index (χ4v) is 18.3. The maximum atomic E-state index is 15.0. The molecule has 1 aromatic heterocycles. The Kier molecular flexibility index (Phi) is 20.3. The number of para-hydroxylation sites is 1. The number of nitrogens with one attached hydrogen (secondary N) is 4. The number of aromatic nitrogens is 1. The molecule has 0 bridgehead atoms. The number of ether oxygens (including phenoxy) is 1. The number of aromatic amines is 1. The van der Waals surface area contributed by atoms with E-state index in [1.807, 2.05) is 51.1 Å². The van der Waals surface area contributed by atoms with E-state index >= 15 is 0 Å². The van der Waals surface area contributed by atoms with E-state index in [-0.39, 0.29) is 36.8 Å². The van der Waals surface area contributed by atoms with E-state index in [1.165, 1.54) is 55.5 Å². The van der Waals surface area contributed by atoms with Gasteiger partial charge < -0.3 is 45.5 Å². The summed E-state index contributed by atoms with van der Waals surface area (Å²) in [5.74, 6) is -2.24. The summed E-state index contributed by atoms with van der Waals surface area (Å²) in [5.41, 5.74) is 10.1. The minimum absolute atomic E-state index is 0.0300. The molecule has 0 radical (unpaired) electrons. The molecule has 4 aromatic carbocycles. The van der Waals surface area contributed by atoms with Crippen LogP contribution in [0.2, 0.25) is 11.1 Å². The number of phenols is 1. The summed E-state index contributed by atoms with van der Waals surface area (Å²) in [4.78, 5) is 80.3. The number of likely N-dealkylation sites (N-methyl/N-ethyl adjacent to an activating group) is 1. The van der Waals surface area contributed by atoms with Gasteiger partial charge in [0.05, 0.1) is 18.6 Å². The first kappa shape index (κ1) is 60.5. The maximum absolute atomic E-state index is 15.0. The van der Waals surface area contributed by atoms with E-state index in [1.54, 1.807) is 19.2 Å². The van der Waals surface area contributed by atoms with Crippen LogP contribution in [0, 0.1) is 5.92 Å². The van der Waals surface area contributed by atoms with E-state index in [0.717, 1.165) is 16.5 Å². The number of unbranched alkanes of at least 4 members (excludes halogenated alkanes) is 1. The van der Waals surface area contributed by atoms with Gasteiger partial charge in [-0.2, -0.15) is 0 Å². The molecule has 5 N–H and O–H groups in total. The summed E-state index contributed by atoms with van der Waals surface area (Å²) in [6, 6.07) is 26.9. The van der Waals surface area contributed by atoms with E-state index < -0.39 is 56.0 Å². The van der Waals surface area contributed by atoms with Crippen molar-refractivity contribution in [1.29, 1.82) is 0 Å². The molecule has 0 spiro atoms. The van der Waals surface area contributed by atoms with Gasteiger partial charge in [0.1, 0.15) is 25.9 Å². The highest BCUT2D eigenvalue weighted by Gasteiger charge is 2.49.